The maximum atomic E-state index is 12.8. The van der Waals surface area contributed by atoms with Gasteiger partial charge in [0.15, 0.2) is 6.10 Å². The average molecular weight is 1030 g/mol. The van der Waals surface area contributed by atoms with Crippen LogP contribution in [0.5, 0.6) is 0 Å². The van der Waals surface area contributed by atoms with E-state index in [1.165, 1.54) is 122 Å². The number of carbonyl (C=O) groups is 3. The first-order valence-electron chi connectivity index (χ1n) is 30.9. The Labute approximate surface area is 457 Å². The van der Waals surface area contributed by atoms with Gasteiger partial charge in [-0.3, -0.25) is 14.4 Å². The molecule has 0 amide bonds. The van der Waals surface area contributed by atoms with Gasteiger partial charge >= 0.3 is 17.9 Å². The van der Waals surface area contributed by atoms with E-state index >= 15 is 0 Å². The van der Waals surface area contributed by atoms with Gasteiger partial charge in [0, 0.05) is 19.3 Å². The van der Waals surface area contributed by atoms with Gasteiger partial charge in [-0.1, -0.05) is 252 Å². The zero-order chi connectivity index (χ0) is 53.6. The minimum Gasteiger partial charge on any atom is -0.462 e. The van der Waals surface area contributed by atoms with Crippen molar-refractivity contribution in [3.8, 4) is 0 Å². The molecule has 0 saturated heterocycles. The molecule has 0 saturated carbocycles. The molecule has 0 aromatic carbocycles. The zero-order valence-corrected chi connectivity index (χ0v) is 48.3. The predicted molar refractivity (Wildman–Crippen MR) is 320 cm³/mol. The van der Waals surface area contributed by atoms with Gasteiger partial charge in [0.1, 0.15) is 13.2 Å². The highest BCUT2D eigenvalue weighted by Gasteiger charge is 2.19. The largest absolute Gasteiger partial charge is 0.462 e. The van der Waals surface area contributed by atoms with E-state index in [0.29, 0.717) is 19.3 Å². The lowest BCUT2D eigenvalue weighted by molar-refractivity contribution is -0.167. The van der Waals surface area contributed by atoms with Gasteiger partial charge in [-0.2, -0.15) is 0 Å². The summed E-state index contributed by atoms with van der Waals surface area (Å²) in [6.07, 6.45) is 83.9. The second-order valence-electron chi connectivity index (χ2n) is 20.2. The molecule has 1 atom stereocenters. The van der Waals surface area contributed by atoms with Gasteiger partial charge in [0.05, 0.1) is 0 Å². The summed E-state index contributed by atoms with van der Waals surface area (Å²) in [5.74, 6) is -0.944. The van der Waals surface area contributed by atoms with Crippen molar-refractivity contribution in [2.24, 2.45) is 0 Å². The van der Waals surface area contributed by atoms with E-state index in [1.54, 1.807) is 0 Å². The van der Waals surface area contributed by atoms with Crippen LogP contribution in [0.3, 0.4) is 0 Å². The number of ether oxygens (including phenoxy) is 3. The number of hydrogen-bond acceptors (Lipinski definition) is 6. The second-order valence-corrected chi connectivity index (χ2v) is 20.2. The molecule has 0 radical (unpaired) electrons. The molecule has 422 valence electrons. The fourth-order valence-electron chi connectivity index (χ4n) is 8.42. The standard InChI is InChI=1S/C68H114O6/c1-4-7-10-13-16-19-22-25-27-28-29-30-31-32-33-34-35-36-37-38-39-40-42-43-46-49-52-55-58-61-67(70)73-64-65(63-72-66(69)60-57-54-51-48-45-24-21-18-15-12-9-6-3)74-68(71)62-59-56-53-50-47-44-41-26-23-20-17-14-11-8-5-2/h7-8,10-11,16-21,25-27,29-30,41,47,50,65H,4-6,9,12-15,22-24,28,31-40,42-46,48-49,51-64H2,1-3H3/b10-7-,11-8-,19-16-,20-17-,21-18-,27-25-,30-29-,41-26-,50-47-. The van der Waals surface area contributed by atoms with Crippen molar-refractivity contribution >= 4 is 17.9 Å². The molecule has 0 rings (SSSR count). The summed E-state index contributed by atoms with van der Waals surface area (Å²) in [5.41, 5.74) is 0. The number of esters is 3. The Bertz CT molecular complexity index is 1510. The molecule has 1 unspecified atom stereocenters. The second kappa shape index (κ2) is 61.6. The van der Waals surface area contributed by atoms with Crippen molar-refractivity contribution in [2.75, 3.05) is 13.2 Å². The summed E-state index contributed by atoms with van der Waals surface area (Å²) < 4.78 is 16.8. The topological polar surface area (TPSA) is 78.9 Å². The third-order valence-electron chi connectivity index (χ3n) is 13.0. The third-order valence-corrected chi connectivity index (χ3v) is 13.0. The molecule has 0 bridgehead atoms. The Balaban J connectivity index is 4.24. The maximum absolute atomic E-state index is 12.8. The highest BCUT2D eigenvalue weighted by molar-refractivity contribution is 5.71. The van der Waals surface area contributed by atoms with Gasteiger partial charge < -0.3 is 14.2 Å². The zero-order valence-electron chi connectivity index (χ0n) is 48.3. The van der Waals surface area contributed by atoms with Crippen molar-refractivity contribution in [1.82, 2.24) is 0 Å². The highest BCUT2D eigenvalue weighted by Crippen LogP contribution is 2.16. The monoisotopic (exact) mass is 1030 g/mol. The fraction of sp³-hybridized carbons (Fsp3) is 0.691. The van der Waals surface area contributed by atoms with E-state index in [4.69, 9.17) is 14.2 Å². The molecular weight excluding hydrogens is 913 g/mol. The first kappa shape index (κ1) is 70.1. The van der Waals surface area contributed by atoms with Crippen LogP contribution in [0.2, 0.25) is 0 Å². The van der Waals surface area contributed by atoms with Crippen LogP contribution in [-0.4, -0.2) is 37.2 Å². The molecule has 0 aromatic rings. The quantitative estimate of drug-likeness (QED) is 0.0261. The lowest BCUT2D eigenvalue weighted by atomic mass is 10.0. The van der Waals surface area contributed by atoms with Crippen molar-refractivity contribution in [3.05, 3.63) is 109 Å². The summed E-state index contributed by atoms with van der Waals surface area (Å²) in [7, 11) is 0. The van der Waals surface area contributed by atoms with Crippen LogP contribution in [-0.2, 0) is 28.6 Å². The molecule has 0 fully saturated rings. The van der Waals surface area contributed by atoms with E-state index in [9.17, 15) is 14.4 Å². The van der Waals surface area contributed by atoms with E-state index in [1.807, 2.05) is 0 Å². The van der Waals surface area contributed by atoms with Crippen molar-refractivity contribution in [3.63, 3.8) is 0 Å². The summed E-state index contributed by atoms with van der Waals surface area (Å²) >= 11 is 0. The minimum atomic E-state index is -0.803. The Morgan fingerprint density at radius 3 is 0.865 bits per heavy atom. The Morgan fingerprint density at radius 2 is 0.527 bits per heavy atom. The summed E-state index contributed by atoms with van der Waals surface area (Å²) in [4.78, 5) is 38.2. The molecule has 6 heteroatoms. The minimum absolute atomic E-state index is 0.0966. The summed E-state index contributed by atoms with van der Waals surface area (Å²) in [6.45, 7) is 6.36. The predicted octanol–water partition coefficient (Wildman–Crippen LogP) is 21.0. The first-order valence-corrected chi connectivity index (χ1v) is 30.9. The van der Waals surface area contributed by atoms with Crippen LogP contribution in [0, 0.1) is 0 Å². The lowest BCUT2D eigenvalue weighted by Crippen LogP contribution is -2.30. The highest BCUT2D eigenvalue weighted by atomic mass is 16.6. The van der Waals surface area contributed by atoms with Crippen LogP contribution in [0.25, 0.3) is 0 Å². The van der Waals surface area contributed by atoms with Crippen molar-refractivity contribution < 1.29 is 28.6 Å². The molecule has 0 aliphatic heterocycles. The number of allylic oxidation sites excluding steroid dienone is 18. The van der Waals surface area contributed by atoms with E-state index < -0.39 is 6.10 Å². The Kier molecular flexibility index (Phi) is 58.3. The maximum Gasteiger partial charge on any atom is 0.306 e. The van der Waals surface area contributed by atoms with Gasteiger partial charge in [-0.05, 0) is 122 Å². The van der Waals surface area contributed by atoms with Crippen LogP contribution >= 0.6 is 0 Å². The Hall–Kier alpha value is -3.93. The molecule has 0 spiro atoms. The van der Waals surface area contributed by atoms with E-state index in [-0.39, 0.29) is 37.5 Å². The van der Waals surface area contributed by atoms with Crippen LogP contribution in [0.15, 0.2) is 109 Å². The van der Waals surface area contributed by atoms with E-state index in [2.05, 4.69) is 130 Å². The van der Waals surface area contributed by atoms with Gasteiger partial charge in [0.25, 0.3) is 0 Å². The number of carbonyl (C=O) groups excluding carboxylic acids is 3. The van der Waals surface area contributed by atoms with Gasteiger partial charge in [0.2, 0.25) is 0 Å². The SMILES string of the molecule is CC/C=C\C/C=C\C/C=C\C/C=C\CCCCCCCCCCCCCCCCCCC(=O)OCC(COC(=O)CCCCCCC/C=C\CCCCC)OC(=O)CCCC/C=C\C/C=C\C/C=C\C/C=C\CC. The third kappa shape index (κ3) is 59.0. The number of hydrogen-bond donors (Lipinski definition) is 0. The average Bonchev–Trinajstić information content (AvgIpc) is 3.40. The molecule has 0 aliphatic carbocycles. The summed E-state index contributed by atoms with van der Waals surface area (Å²) in [6, 6.07) is 0. The van der Waals surface area contributed by atoms with Crippen molar-refractivity contribution in [1.29, 1.82) is 0 Å². The van der Waals surface area contributed by atoms with Crippen LogP contribution < -0.4 is 0 Å². The molecule has 0 aliphatic rings. The van der Waals surface area contributed by atoms with Gasteiger partial charge in [-0.15, -0.1) is 0 Å². The molecule has 0 heterocycles. The first-order chi connectivity index (χ1) is 36.5. The normalized spacial score (nSPS) is 12.9. The van der Waals surface area contributed by atoms with Crippen molar-refractivity contribution in [2.45, 2.75) is 290 Å². The molecule has 0 aromatic heterocycles. The molecule has 0 N–H and O–H groups in total. The van der Waals surface area contributed by atoms with Crippen LogP contribution in [0.4, 0.5) is 0 Å². The van der Waals surface area contributed by atoms with Gasteiger partial charge in [-0.25, -0.2) is 0 Å². The van der Waals surface area contributed by atoms with E-state index in [0.717, 1.165) is 116 Å². The smallest absolute Gasteiger partial charge is 0.306 e. The lowest BCUT2D eigenvalue weighted by Gasteiger charge is -2.18. The fourth-order valence-corrected chi connectivity index (χ4v) is 8.42. The summed E-state index contributed by atoms with van der Waals surface area (Å²) in [5, 5.41) is 0. The number of rotatable bonds is 55. The Morgan fingerprint density at radius 1 is 0.284 bits per heavy atom. The molecule has 74 heavy (non-hydrogen) atoms. The number of unbranched alkanes of at least 4 members (excludes halogenated alkanes) is 26. The molecule has 6 nitrogen and oxygen atoms in total. The van der Waals surface area contributed by atoms with Crippen LogP contribution in [0.1, 0.15) is 284 Å². The molecular formula is C68H114O6.